The van der Waals surface area contributed by atoms with Crippen molar-refractivity contribution in [1.29, 1.82) is 0 Å². The zero-order valence-corrected chi connectivity index (χ0v) is 15.1. The molecule has 0 fully saturated rings. The van der Waals surface area contributed by atoms with Crippen molar-refractivity contribution < 1.29 is 26.2 Å². The van der Waals surface area contributed by atoms with Crippen LogP contribution in [0.4, 0.5) is 0 Å². The van der Waals surface area contributed by atoms with Crippen LogP contribution < -0.4 is 0 Å². The molecule has 103 valence electrons. The molecule has 0 aliphatic heterocycles. The Bertz CT molecular complexity index is 517. The van der Waals surface area contributed by atoms with Gasteiger partial charge in [-0.05, 0) is 5.56 Å². The Morgan fingerprint density at radius 1 is 1.00 bits per heavy atom. The van der Waals surface area contributed by atoms with Crippen LogP contribution in [0.3, 0.4) is 0 Å². The van der Waals surface area contributed by atoms with Gasteiger partial charge in [-0.1, -0.05) is 67.6 Å². The molecule has 1 radical (unpaired) electrons. The standard InChI is InChI=1S/C17H17.2CH3.Zr/c1-2-13-11-15-9-6-10-16(17(15)12-13)14-7-4-3-5-8-14;;;/h3-11,13H,2,12H2,1H3;2*1H3;/q3*-1;+3. The third kappa shape index (κ3) is 3.64. The first-order chi connectivity index (χ1) is 8.38. The molecule has 3 rings (SSSR count). The van der Waals surface area contributed by atoms with Gasteiger partial charge in [0.05, 0.1) is 0 Å². The molecule has 0 aromatic heterocycles. The summed E-state index contributed by atoms with van der Waals surface area (Å²) in [6.07, 6.45) is 4.88. The Morgan fingerprint density at radius 3 is 2.35 bits per heavy atom. The summed E-state index contributed by atoms with van der Waals surface area (Å²) in [6.45, 7) is 2.27. The summed E-state index contributed by atoms with van der Waals surface area (Å²) < 4.78 is 0. The second-order valence-corrected chi connectivity index (χ2v) is 4.78. The zero-order valence-electron chi connectivity index (χ0n) is 12.7. The van der Waals surface area contributed by atoms with E-state index in [1.54, 1.807) is 0 Å². The van der Waals surface area contributed by atoms with Gasteiger partial charge in [0.1, 0.15) is 0 Å². The fraction of sp³-hybridized carbons (Fsp3) is 0.211. The average molecular weight is 343 g/mol. The van der Waals surface area contributed by atoms with E-state index in [0.717, 1.165) is 5.92 Å². The van der Waals surface area contributed by atoms with Gasteiger partial charge < -0.3 is 14.9 Å². The van der Waals surface area contributed by atoms with E-state index in [2.05, 4.69) is 61.9 Å². The van der Waals surface area contributed by atoms with Crippen LogP contribution in [0, 0.1) is 27.2 Å². The zero-order chi connectivity index (χ0) is 11.7. The summed E-state index contributed by atoms with van der Waals surface area (Å²) in [7, 11) is 0. The minimum atomic E-state index is 0. The second kappa shape index (κ2) is 8.47. The fourth-order valence-corrected chi connectivity index (χ4v) is 2.71. The molecule has 20 heavy (non-hydrogen) atoms. The SMILES string of the molecule is CCC1[CH-]c2cccc(-c3ccccc3)c2C1.[CH3-].[CH3-].[Zr+3]. The molecule has 0 N–H and O–H groups in total. The maximum absolute atomic E-state index is 2.43. The van der Waals surface area contributed by atoms with Crippen LogP contribution in [-0.4, -0.2) is 0 Å². The average Bonchev–Trinajstić information content (AvgIpc) is 2.82. The van der Waals surface area contributed by atoms with E-state index >= 15 is 0 Å². The monoisotopic (exact) mass is 341 g/mol. The van der Waals surface area contributed by atoms with Gasteiger partial charge >= 0.3 is 26.2 Å². The van der Waals surface area contributed by atoms with Gasteiger partial charge in [-0.25, -0.2) is 0 Å². The number of benzene rings is 2. The quantitative estimate of drug-likeness (QED) is 0.642. The normalized spacial score (nSPS) is 14.9. The van der Waals surface area contributed by atoms with Gasteiger partial charge in [-0.3, -0.25) is 0 Å². The summed E-state index contributed by atoms with van der Waals surface area (Å²) >= 11 is 0. The topological polar surface area (TPSA) is 0 Å². The van der Waals surface area contributed by atoms with E-state index in [1.165, 1.54) is 35.1 Å². The smallest absolute Gasteiger partial charge is 0.358 e. The Labute approximate surface area is 143 Å². The van der Waals surface area contributed by atoms with E-state index < -0.39 is 0 Å². The van der Waals surface area contributed by atoms with Crippen LogP contribution in [0.5, 0.6) is 0 Å². The van der Waals surface area contributed by atoms with E-state index in [1.807, 2.05) is 0 Å². The van der Waals surface area contributed by atoms with Crippen molar-refractivity contribution >= 4 is 0 Å². The Balaban J connectivity index is 0.00000120. The Kier molecular flexibility index (Phi) is 8.13. The van der Waals surface area contributed by atoms with Crippen LogP contribution >= 0.6 is 0 Å². The second-order valence-electron chi connectivity index (χ2n) is 4.78. The van der Waals surface area contributed by atoms with Gasteiger partial charge in [0, 0.05) is 0 Å². The molecular formula is C19H23Zr. The van der Waals surface area contributed by atoms with Crippen LogP contribution in [-0.2, 0) is 32.6 Å². The molecule has 1 atom stereocenters. The molecule has 0 saturated heterocycles. The first-order valence-corrected chi connectivity index (χ1v) is 6.40. The summed E-state index contributed by atoms with van der Waals surface area (Å²) in [6, 6.07) is 17.4. The maximum Gasteiger partial charge on any atom is 3.00 e. The van der Waals surface area contributed by atoms with Crippen molar-refractivity contribution in [3.05, 3.63) is 80.9 Å². The van der Waals surface area contributed by atoms with E-state index in [9.17, 15) is 0 Å². The molecule has 1 aliphatic carbocycles. The number of hydrogen-bond acceptors (Lipinski definition) is 0. The molecule has 0 nitrogen and oxygen atoms in total. The predicted molar refractivity (Wildman–Crippen MR) is 85.6 cm³/mol. The largest absolute Gasteiger partial charge is 3.00 e. The third-order valence-corrected chi connectivity index (χ3v) is 3.70. The summed E-state index contributed by atoms with van der Waals surface area (Å²) in [5.41, 5.74) is 5.73. The summed E-state index contributed by atoms with van der Waals surface area (Å²) in [5, 5.41) is 0. The fourth-order valence-electron chi connectivity index (χ4n) is 2.71. The van der Waals surface area contributed by atoms with Gasteiger partial charge in [-0.15, -0.1) is 11.6 Å². The molecule has 0 bridgehead atoms. The molecule has 0 heterocycles. The Hall–Kier alpha value is -0.807. The van der Waals surface area contributed by atoms with E-state index in [4.69, 9.17) is 0 Å². The van der Waals surface area contributed by atoms with Crippen molar-refractivity contribution in [2.45, 2.75) is 19.8 Å². The van der Waals surface area contributed by atoms with Crippen LogP contribution in [0.2, 0.25) is 0 Å². The minimum Gasteiger partial charge on any atom is -0.358 e. The molecule has 1 unspecified atom stereocenters. The van der Waals surface area contributed by atoms with Crippen molar-refractivity contribution in [3.63, 3.8) is 0 Å². The van der Waals surface area contributed by atoms with E-state index in [-0.39, 0.29) is 41.1 Å². The third-order valence-electron chi connectivity index (χ3n) is 3.70. The predicted octanol–water partition coefficient (Wildman–Crippen LogP) is 5.39. The maximum atomic E-state index is 2.43. The molecule has 2 aromatic rings. The van der Waals surface area contributed by atoms with Gasteiger partial charge in [0.2, 0.25) is 0 Å². The number of hydrogen-bond donors (Lipinski definition) is 0. The molecule has 0 amide bonds. The van der Waals surface area contributed by atoms with Crippen LogP contribution in [0.1, 0.15) is 24.5 Å². The summed E-state index contributed by atoms with van der Waals surface area (Å²) in [4.78, 5) is 0. The Morgan fingerprint density at radius 2 is 1.70 bits per heavy atom. The minimum absolute atomic E-state index is 0. The van der Waals surface area contributed by atoms with Crippen molar-refractivity contribution in [3.8, 4) is 11.1 Å². The molecule has 1 heteroatoms. The summed E-state index contributed by atoms with van der Waals surface area (Å²) in [5.74, 6) is 0.731. The first-order valence-electron chi connectivity index (χ1n) is 6.40. The van der Waals surface area contributed by atoms with Gasteiger partial charge in [0.15, 0.2) is 0 Å². The first kappa shape index (κ1) is 19.2. The number of rotatable bonds is 2. The van der Waals surface area contributed by atoms with Crippen molar-refractivity contribution in [2.75, 3.05) is 0 Å². The molecule has 1 aliphatic rings. The van der Waals surface area contributed by atoms with Crippen molar-refractivity contribution in [2.24, 2.45) is 5.92 Å². The molecule has 2 aromatic carbocycles. The van der Waals surface area contributed by atoms with Crippen LogP contribution in [0.25, 0.3) is 11.1 Å². The van der Waals surface area contributed by atoms with Crippen LogP contribution in [0.15, 0.2) is 48.5 Å². The van der Waals surface area contributed by atoms with Gasteiger partial charge in [-0.2, -0.15) is 18.1 Å². The van der Waals surface area contributed by atoms with Crippen molar-refractivity contribution in [1.82, 2.24) is 0 Å². The molecular weight excluding hydrogens is 319 g/mol. The molecule has 0 spiro atoms. The van der Waals surface area contributed by atoms with Gasteiger partial charge in [0.25, 0.3) is 0 Å². The number of fused-ring (bicyclic) bond motifs is 1. The molecule has 0 saturated carbocycles. The van der Waals surface area contributed by atoms with E-state index in [0.29, 0.717) is 0 Å².